The summed E-state index contributed by atoms with van der Waals surface area (Å²) in [6.07, 6.45) is 0. The molecule has 160 valence electrons. The second-order valence-electron chi connectivity index (χ2n) is 7.05. The molecule has 6 nitrogen and oxygen atoms in total. The van der Waals surface area contributed by atoms with Crippen LogP contribution in [0.15, 0.2) is 59.3 Å². The van der Waals surface area contributed by atoms with Crippen molar-refractivity contribution in [2.75, 3.05) is 57.9 Å². The van der Waals surface area contributed by atoms with E-state index in [1.54, 1.807) is 0 Å². The van der Waals surface area contributed by atoms with E-state index in [0.29, 0.717) is 31.5 Å². The van der Waals surface area contributed by atoms with Crippen LogP contribution in [0.5, 0.6) is 0 Å². The van der Waals surface area contributed by atoms with Crippen molar-refractivity contribution in [3.63, 3.8) is 0 Å². The van der Waals surface area contributed by atoms with Gasteiger partial charge in [0, 0.05) is 35.1 Å². The molecule has 2 aromatic rings. The van der Waals surface area contributed by atoms with Gasteiger partial charge < -0.3 is 14.8 Å². The van der Waals surface area contributed by atoms with E-state index in [4.69, 9.17) is 26.4 Å². The zero-order chi connectivity index (χ0) is 20.8. The van der Waals surface area contributed by atoms with E-state index in [-0.39, 0.29) is 0 Å². The third kappa shape index (κ3) is 4.96. The molecule has 0 radical (unpaired) electrons. The van der Waals surface area contributed by atoms with Crippen LogP contribution in [0.1, 0.15) is 0 Å². The van der Waals surface area contributed by atoms with Crippen LogP contribution in [0.3, 0.4) is 0 Å². The van der Waals surface area contributed by atoms with Gasteiger partial charge in [0.15, 0.2) is 5.11 Å². The Labute approximate surface area is 197 Å². The Morgan fingerprint density at radius 2 is 1.40 bits per heavy atom. The van der Waals surface area contributed by atoms with Crippen molar-refractivity contribution in [3.05, 3.63) is 58.2 Å². The largest absolute Gasteiger partial charge is 0.379 e. The highest BCUT2D eigenvalue weighted by atomic mass is 127. The molecule has 0 spiro atoms. The van der Waals surface area contributed by atoms with E-state index < -0.39 is 7.36 Å². The predicted octanol–water partition coefficient (Wildman–Crippen LogP) is 4.01. The zero-order valence-electron chi connectivity index (χ0n) is 16.7. The second kappa shape index (κ2) is 10.6. The van der Waals surface area contributed by atoms with Gasteiger partial charge >= 0.3 is 0 Å². The molecule has 0 aliphatic carbocycles. The SMILES string of the molecule is S=C(N=P(c1ccccc1)(N1CCOCC1)N1CCOCC1)Nc1ccccc1I. The van der Waals surface area contributed by atoms with E-state index in [0.717, 1.165) is 35.4 Å². The van der Waals surface area contributed by atoms with Gasteiger partial charge in [0.25, 0.3) is 0 Å². The van der Waals surface area contributed by atoms with Crippen molar-refractivity contribution in [3.8, 4) is 0 Å². The number of anilines is 1. The summed E-state index contributed by atoms with van der Waals surface area (Å²) < 4.78 is 22.8. The topological polar surface area (TPSA) is 49.3 Å². The lowest BCUT2D eigenvalue weighted by Crippen LogP contribution is -2.46. The van der Waals surface area contributed by atoms with Crippen molar-refractivity contribution in [2.24, 2.45) is 4.74 Å². The Morgan fingerprint density at radius 3 is 1.97 bits per heavy atom. The molecule has 9 heteroatoms. The van der Waals surface area contributed by atoms with Crippen molar-refractivity contribution in [1.29, 1.82) is 0 Å². The van der Waals surface area contributed by atoms with E-state index >= 15 is 0 Å². The Bertz CT molecular complexity index is 896. The monoisotopic (exact) mass is 556 g/mol. The highest BCUT2D eigenvalue weighted by Crippen LogP contribution is 2.56. The van der Waals surface area contributed by atoms with Crippen LogP contribution in [0.25, 0.3) is 0 Å². The number of thiocarbonyl (C=S) groups is 1. The maximum absolute atomic E-state index is 5.81. The number of hydrogen-bond donors (Lipinski definition) is 1. The standard InChI is InChI=1S/C21H26IN4O2PS/c22-19-8-4-5-9-20(19)23-21(30)24-29(18-6-2-1-3-7-18,25-10-14-27-15-11-25)26-12-16-28-17-13-26/h1-9H,10-17H2,(H,23,30). The van der Waals surface area contributed by atoms with E-state index in [1.165, 1.54) is 5.30 Å². The molecule has 2 aromatic carbocycles. The number of para-hydroxylation sites is 1. The van der Waals surface area contributed by atoms with Gasteiger partial charge in [-0.2, -0.15) is 0 Å². The van der Waals surface area contributed by atoms with Crippen LogP contribution >= 0.6 is 42.2 Å². The first-order valence-corrected chi connectivity index (χ1v) is 13.2. The molecule has 2 aliphatic rings. The van der Waals surface area contributed by atoms with Gasteiger partial charge in [-0.15, -0.1) is 0 Å². The Hall–Kier alpha value is -0.870. The fourth-order valence-corrected chi connectivity index (χ4v) is 8.48. The van der Waals surface area contributed by atoms with Crippen molar-refractivity contribution < 1.29 is 9.47 Å². The summed E-state index contributed by atoms with van der Waals surface area (Å²) in [6, 6.07) is 18.8. The van der Waals surface area contributed by atoms with E-state index in [1.807, 2.05) is 18.2 Å². The number of ether oxygens (including phenoxy) is 2. The molecule has 0 aromatic heterocycles. The molecular weight excluding hydrogens is 530 g/mol. The number of benzene rings is 2. The summed E-state index contributed by atoms with van der Waals surface area (Å²) in [6.45, 7) is 6.22. The molecule has 0 amide bonds. The molecule has 0 saturated carbocycles. The minimum absolute atomic E-state index is 0.522. The minimum atomic E-state index is -2.28. The summed E-state index contributed by atoms with van der Waals surface area (Å²) in [5, 5.41) is 5.13. The Balaban J connectivity index is 1.81. The molecule has 0 atom stereocenters. The molecule has 2 fully saturated rings. The number of nitrogens with one attached hydrogen (secondary N) is 1. The number of hydrogen-bond acceptors (Lipinski definition) is 3. The fourth-order valence-electron chi connectivity index (χ4n) is 3.81. The van der Waals surface area contributed by atoms with Gasteiger partial charge in [-0.1, -0.05) is 42.5 Å². The van der Waals surface area contributed by atoms with Crippen molar-refractivity contribution in [1.82, 2.24) is 9.34 Å². The van der Waals surface area contributed by atoms with Crippen LogP contribution < -0.4 is 10.6 Å². The number of rotatable bonds is 4. The number of halogens is 1. The lowest BCUT2D eigenvalue weighted by atomic mass is 10.3. The van der Waals surface area contributed by atoms with E-state index in [2.05, 4.69) is 73.6 Å². The molecule has 2 aliphatic heterocycles. The normalized spacial score (nSPS) is 18.7. The average molecular weight is 556 g/mol. The molecule has 1 N–H and O–H groups in total. The summed E-state index contributed by atoms with van der Waals surface area (Å²) in [7, 11) is -2.28. The van der Waals surface area contributed by atoms with Gasteiger partial charge in [-0.25, -0.2) is 14.1 Å². The minimum Gasteiger partial charge on any atom is -0.379 e. The van der Waals surface area contributed by atoms with Crippen LogP contribution in [0.4, 0.5) is 5.69 Å². The lowest BCUT2D eigenvalue weighted by Gasteiger charge is -2.46. The highest BCUT2D eigenvalue weighted by Gasteiger charge is 2.38. The molecule has 30 heavy (non-hydrogen) atoms. The third-order valence-electron chi connectivity index (χ3n) is 5.21. The van der Waals surface area contributed by atoms with Crippen molar-refractivity contribution in [2.45, 2.75) is 0 Å². The summed E-state index contributed by atoms with van der Waals surface area (Å²) in [5.41, 5.74) is 0.988. The lowest BCUT2D eigenvalue weighted by molar-refractivity contribution is 0.0579. The van der Waals surface area contributed by atoms with Gasteiger partial charge in [-0.05, 0) is 46.9 Å². The van der Waals surface area contributed by atoms with E-state index in [9.17, 15) is 0 Å². The van der Waals surface area contributed by atoms with Crippen LogP contribution in [0, 0.1) is 3.57 Å². The van der Waals surface area contributed by atoms with Gasteiger partial charge in [-0.3, -0.25) is 0 Å². The Morgan fingerprint density at radius 1 is 0.867 bits per heavy atom. The molecule has 2 saturated heterocycles. The predicted molar refractivity (Wildman–Crippen MR) is 136 cm³/mol. The maximum Gasteiger partial charge on any atom is 0.198 e. The highest BCUT2D eigenvalue weighted by molar-refractivity contribution is 14.1. The summed E-state index contributed by atoms with van der Waals surface area (Å²) in [5.74, 6) is 0. The smallest absolute Gasteiger partial charge is 0.198 e. The number of morpholine rings is 2. The molecule has 4 rings (SSSR count). The molecular formula is C21H26IN4O2PS. The van der Waals surface area contributed by atoms with Crippen LogP contribution in [-0.2, 0) is 9.47 Å². The Kier molecular flexibility index (Phi) is 7.91. The second-order valence-corrected chi connectivity index (χ2v) is 11.6. The van der Waals surface area contributed by atoms with Gasteiger partial charge in [0.05, 0.1) is 32.1 Å². The quantitative estimate of drug-likeness (QED) is 0.349. The first-order valence-electron chi connectivity index (χ1n) is 10.1. The fraction of sp³-hybridized carbons (Fsp3) is 0.381. The van der Waals surface area contributed by atoms with Gasteiger partial charge in [0.2, 0.25) is 0 Å². The summed E-state index contributed by atoms with van der Waals surface area (Å²) >= 11 is 8.13. The molecule has 0 bridgehead atoms. The molecule has 0 unspecified atom stereocenters. The van der Waals surface area contributed by atoms with Crippen LogP contribution in [0.2, 0.25) is 0 Å². The first kappa shape index (κ1) is 22.3. The third-order valence-corrected chi connectivity index (χ3v) is 10.3. The van der Waals surface area contributed by atoms with Crippen LogP contribution in [-0.4, -0.2) is 67.1 Å². The van der Waals surface area contributed by atoms with Crippen molar-refractivity contribution >= 4 is 58.3 Å². The maximum atomic E-state index is 5.81. The van der Waals surface area contributed by atoms with Gasteiger partial charge in [0.1, 0.15) is 7.36 Å². The molecule has 2 heterocycles. The first-order chi connectivity index (χ1) is 14.7. The summed E-state index contributed by atoms with van der Waals surface area (Å²) in [4.78, 5) is 0. The zero-order valence-corrected chi connectivity index (χ0v) is 20.6. The average Bonchev–Trinajstić information content (AvgIpc) is 2.81. The number of nitrogens with zero attached hydrogens (tertiary/aromatic N) is 3.